The molecular formula is C23H23N3O4S2. The molecule has 1 aliphatic rings. The minimum Gasteiger partial charge on any atom is -0.451 e. The first-order valence-electron chi connectivity index (χ1n) is 10.4. The minimum absolute atomic E-state index is 0.0119. The van der Waals surface area contributed by atoms with Gasteiger partial charge in [0.25, 0.3) is 11.8 Å². The Labute approximate surface area is 194 Å². The number of aryl methyl sites for hydroxylation is 1. The van der Waals surface area contributed by atoms with Crippen molar-refractivity contribution in [2.45, 2.75) is 13.3 Å². The number of amides is 2. The molecule has 3 heterocycles. The van der Waals surface area contributed by atoms with Crippen molar-refractivity contribution in [2.24, 2.45) is 0 Å². The molecule has 1 aromatic carbocycles. The zero-order chi connectivity index (χ0) is 22.5. The number of rotatable bonds is 6. The van der Waals surface area contributed by atoms with Gasteiger partial charge in [-0.05, 0) is 23.4 Å². The molecule has 0 spiro atoms. The molecule has 32 heavy (non-hydrogen) atoms. The van der Waals surface area contributed by atoms with Crippen LogP contribution >= 0.6 is 22.7 Å². The summed E-state index contributed by atoms with van der Waals surface area (Å²) in [7, 11) is 0. The number of carbonyl (C=O) groups excluding carboxylic acids is 3. The molecule has 2 aromatic heterocycles. The molecule has 0 radical (unpaired) electrons. The molecule has 1 aliphatic heterocycles. The van der Waals surface area contributed by atoms with Crippen molar-refractivity contribution in [2.75, 3.05) is 32.8 Å². The highest BCUT2D eigenvalue weighted by Gasteiger charge is 2.26. The van der Waals surface area contributed by atoms with Gasteiger partial charge in [-0.3, -0.25) is 9.59 Å². The fourth-order valence-corrected chi connectivity index (χ4v) is 4.88. The molecule has 2 amide bonds. The predicted octanol–water partition coefficient (Wildman–Crippen LogP) is 3.58. The fourth-order valence-electron chi connectivity index (χ4n) is 3.39. The van der Waals surface area contributed by atoms with E-state index in [1.807, 2.05) is 35.7 Å². The normalized spacial score (nSPS) is 13.8. The van der Waals surface area contributed by atoms with Crippen LogP contribution in [0, 0.1) is 0 Å². The second kappa shape index (κ2) is 10.1. The van der Waals surface area contributed by atoms with Crippen LogP contribution in [0.1, 0.15) is 32.6 Å². The standard InChI is InChI=1S/C23H23N3O4S2/c1-2-16-5-7-17(8-6-16)21-24-18(15-32-21)23(29)30-14-20(27)25-9-11-26(12-10-25)22(28)19-4-3-13-31-19/h3-8,13,15H,2,9-12,14H2,1H3. The van der Waals surface area contributed by atoms with E-state index in [1.54, 1.807) is 21.2 Å². The fraction of sp³-hybridized carbons (Fsp3) is 0.304. The van der Waals surface area contributed by atoms with Crippen molar-refractivity contribution in [3.63, 3.8) is 0 Å². The van der Waals surface area contributed by atoms with E-state index in [0.29, 0.717) is 31.1 Å². The SMILES string of the molecule is CCc1ccc(-c2nc(C(=O)OCC(=O)N3CCN(C(=O)c4cccs4)CC3)cs2)cc1. The Morgan fingerprint density at radius 1 is 1.00 bits per heavy atom. The van der Waals surface area contributed by atoms with Gasteiger partial charge in [0, 0.05) is 37.1 Å². The van der Waals surface area contributed by atoms with Gasteiger partial charge < -0.3 is 14.5 Å². The second-order valence-corrected chi connectivity index (χ2v) is 9.12. The number of thiazole rings is 1. The largest absolute Gasteiger partial charge is 0.451 e. The molecular weight excluding hydrogens is 446 g/mol. The van der Waals surface area contributed by atoms with E-state index in [9.17, 15) is 14.4 Å². The number of piperazine rings is 1. The molecule has 0 aliphatic carbocycles. The van der Waals surface area contributed by atoms with Crippen LogP contribution < -0.4 is 0 Å². The summed E-state index contributed by atoms with van der Waals surface area (Å²) in [4.78, 5) is 45.6. The first kappa shape index (κ1) is 22.2. The Morgan fingerprint density at radius 2 is 1.72 bits per heavy atom. The molecule has 0 bridgehead atoms. The third kappa shape index (κ3) is 5.05. The Morgan fingerprint density at radius 3 is 2.38 bits per heavy atom. The van der Waals surface area contributed by atoms with Gasteiger partial charge in [0.1, 0.15) is 5.01 Å². The van der Waals surface area contributed by atoms with Gasteiger partial charge in [-0.2, -0.15) is 0 Å². The maximum Gasteiger partial charge on any atom is 0.358 e. The van der Waals surface area contributed by atoms with Crippen LogP contribution in [0.3, 0.4) is 0 Å². The summed E-state index contributed by atoms with van der Waals surface area (Å²) in [6.45, 7) is 3.52. The molecule has 7 nitrogen and oxygen atoms in total. The summed E-state index contributed by atoms with van der Waals surface area (Å²) in [5, 5.41) is 4.25. The van der Waals surface area contributed by atoms with E-state index in [0.717, 1.165) is 17.0 Å². The monoisotopic (exact) mass is 469 g/mol. The van der Waals surface area contributed by atoms with Crippen LogP contribution in [0.25, 0.3) is 10.6 Å². The number of ether oxygens (including phenoxy) is 1. The summed E-state index contributed by atoms with van der Waals surface area (Å²) in [6.07, 6.45) is 0.962. The van der Waals surface area contributed by atoms with Crippen LogP contribution in [0.15, 0.2) is 47.2 Å². The average Bonchev–Trinajstić information content (AvgIpc) is 3.55. The number of carbonyl (C=O) groups is 3. The lowest BCUT2D eigenvalue weighted by atomic mass is 10.1. The Kier molecular flexibility index (Phi) is 6.96. The molecule has 1 fully saturated rings. The van der Waals surface area contributed by atoms with E-state index in [2.05, 4.69) is 11.9 Å². The van der Waals surface area contributed by atoms with Gasteiger partial charge in [-0.15, -0.1) is 22.7 Å². The van der Waals surface area contributed by atoms with Crippen molar-refractivity contribution in [3.05, 3.63) is 63.3 Å². The maximum atomic E-state index is 12.5. The number of thiophene rings is 1. The lowest BCUT2D eigenvalue weighted by Gasteiger charge is -2.34. The molecule has 9 heteroatoms. The van der Waals surface area contributed by atoms with Crippen molar-refractivity contribution >= 4 is 40.5 Å². The average molecular weight is 470 g/mol. The van der Waals surface area contributed by atoms with Crippen LogP contribution in [0.4, 0.5) is 0 Å². The molecule has 166 valence electrons. The predicted molar refractivity (Wildman–Crippen MR) is 124 cm³/mol. The molecule has 0 N–H and O–H groups in total. The minimum atomic E-state index is -0.613. The Hall–Kier alpha value is -3.04. The number of aromatic nitrogens is 1. The Bertz CT molecular complexity index is 1080. The number of hydrogen-bond acceptors (Lipinski definition) is 7. The first-order chi connectivity index (χ1) is 15.5. The summed E-state index contributed by atoms with van der Waals surface area (Å²) >= 11 is 2.77. The quantitative estimate of drug-likeness (QED) is 0.516. The lowest BCUT2D eigenvalue weighted by Crippen LogP contribution is -2.51. The summed E-state index contributed by atoms with van der Waals surface area (Å²) < 4.78 is 5.20. The lowest BCUT2D eigenvalue weighted by molar-refractivity contribution is -0.136. The van der Waals surface area contributed by atoms with Crippen molar-refractivity contribution in [1.29, 1.82) is 0 Å². The van der Waals surface area contributed by atoms with E-state index < -0.39 is 5.97 Å². The zero-order valence-corrected chi connectivity index (χ0v) is 19.3. The number of benzene rings is 1. The van der Waals surface area contributed by atoms with Crippen LogP contribution in [-0.2, 0) is 16.0 Å². The molecule has 0 saturated carbocycles. The topological polar surface area (TPSA) is 79.8 Å². The third-order valence-corrected chi connectivity index (χ3v) is 7.05. The summed E-state index contributed by atoms with van der Waals surface area (Å²) in [5.74, 6) is -0.896. The molecule has 0 atom stereocenters. The number of esters is 1. The second-order valence-electron chi connectivity index (χ2n) is 7.31. The van der Waals surface area contributed by atoms with Crippen LogP contribution in [0.2, 0.25) is 0 Å². The maximum absolute atomic E-state index is 12.5. The van der Waals surface area contributed by atoms with Gasteiger partial charge in [-0.1, -0.05) is 37.3 Å². The van der Waals surface area contributed by atoms with E-state index in [1.165, 1.54) is 28.2 Å². The van der Waals surface area contributed by atoms with Crippen LogP contribution in [-0.4, -0.2) is 65.4 Å². The van der Waals surface area contributed by atoms with Gasteiger partial charge >= 0.3 is 5.97 Å². The van der Waals surface area contributed by atoms with Crippen LogP contribution in [0.5, 0.6) is 0 Å². The highest BCUT2D eigenvalue weighted by Crippen LogP contribution is 2.24. The third-order valence-electron chi connectivity index (χ3n) is 5.30. The highest BCUT2D eigenvalue weighted by molar-refractivity contribution is 7.13. The van der Waals surface area contributed by atoms with Gasteiger partial charge in [0.15, 0.2) is 12.3 Å². The van der Waals surface area contributed by atoms with E-state index in [-0.39, 0.29) is 24.1 Å². The molecule has 1 saturated heterocycles. The van der Waals surface area contributed by atoms with Crippen molar-refractivity contribution < 1.29 is 19.1 Å². The van der Waals surface area contributed by atoms with Crippen molar-refractivity contribution in [3.8, 4) is 10.6 Å². The van der Waals surface area contributed by atoms with Crippen molar-refractivity contribution in [1.82, 2.24) is 14.8 Å². The summed E-state index contributed by atoms with van der Waals surface area (Å²) in [5.41, 5.74) is 2.38. The van der Waals surface area contributed by atoms with E-state index >= 15 is 0 Å². The Balaban J connectivity index is 1.26. The summed E-state index contributed by atoms with van der Waals surface area (Å²) in [6, 6.07) is 11.7. The van der Waals surface area contributed by atoms with Gasteiger partial charge in [0.2, 0.25) is 0 Å². The smallest absolute Gasteiger partial charge is 0.358 e. The molecule has 4 rings (SSSR count). The van der Waals surface area contributed by atoms with E-state index in [4.69, 9.17) is 4.74 Å². The van der Waals surface area contributed by atoms with Gasteiger partial charge in [-0.25, -0.2) is 9.78 Å². The highest BCUT2D eigenvalue weighted by atomic mass is 32.1. The molecule has 3 aromatic rings. The first-order valence-corrected chi connectivity index (χ1v) is 12.1. The molecule has 0 unspecified atom stereocenters. The number of nitrogens with zero attached hydrogens (tertiary/aromatic N) is 3. The number of hydrogen-bond donors (Lipinski definition) is 0. The zero-order valence-electron chi connectivity index (χ0n) is 17.7. The van der Waals surface area contributed by atoms with Gasteiger partial charge in [0.05, 0.1) is 4.88 Å².